The Morgan fingerprint density at radius 3 is 2.36 bits per heavy atom. The van der Waals surface area contributed by atoms with Crippen LogP contribution in [0.15, 0.2) is 29.3 Å². The minimum atomic E-state index is -0.195. The van der Waals surface area contributed by atoms with E-state index in [0.29, 0.717) is 17.9 Å². The van der Waals surface area contributed by atoms with Gasteiger partial charge in [-0.15, -0.1) is 0 Å². The number of carbonyl (C=O) groups excluding carboxylic acids is 1. The number of hydrogen-bond acceptors (Lipinski definition) is 3. The molecule has 0 bridgehead atoms. The Bertz CT molecular complexity index is 822. The van der Waals surface area contributed by atoms with Crippen molar-refractivity contribution in [2.45, 2.75) is 53.0 Å². The number of hydrogen-bond donors (Lipinski definition) is 1. The highest BCUT2D eigenvalue weighted by atomic mass is 16.2. The van der Waals surface area contributed by atoms with Crippen molar-refractivity contribution in [3.8, 4) is 0 Å². The number of amides is 1. The molecule has 5 nitrogen and oxygen atoms in total. The molecule has 0 atom stereocenters. The van der Waals surface area contributed by atoms with Gasteiger partial charge in [0.1, 0.15) is 11.4 Å². The molecule has 25 heavy (non-hydrogen) atoms. The molecule has 2 aromatic rings. The van der Waals surface area contributed by atoms with Gasteiger partial charge in [-0.05, 0) is 26.3 Å². The van der Waals surface area contributed by atoms with Crippen molar-refractivity contribution in [1.29, 1.82) is 0 Å². The van der Waals surface area contributed by atoms with Crippen molar-refractivity contribution in [3.63, 3.8) is 0 Å². The van der Waals surface area contributed by atoms with Gasteiger partial charge >= 0.3 is 0 Å². The minimum Gasteiger partial charge on any atom is -0.329 e. The molecule has 0 aliphatic carbocycles. The fourth-order valence-electron chi connectivity index (χ4n) is 2.98. The van der Waals surface area contributed by atoms with Crippen molar-refractivity contribution in [1.82, 2.24) is 15.1 Å². The molecule has 132 valence electrons. The van der Waals surface area contributed by atoms with Gasteiger partial charge in [-0.25, -0.2) is 4.99 Å². The summed E-state index contributed by atoms with van der Waals surface area (Å²) in [7, 11) is 0. The fraction of sp³-hybridized carbons (Fsp3) is 0.450. The summed E-state index contributed by atoms with van der Waals surface area (Å²) in [6.45, 7) is 12.9. The maximum absolute atomic E-state index is 13.0. The number of fused-ring (bicyclic) bond motifs is 1. The third kappa shape index (κ3) is 3.23. The van der Waals surface area contributed by atoms with Gasteiger partial charge in [0.25, 0.3) is 5.91 Å². The molecule has 1 aliphatic heterocycles. The normalized spacial score (nSPS) is 15.2. The third-order valence-corrected chi connectivity index (χ3v) is 4.50. The number of nitrogens with one attached hydrogen (secondary N) is 1. The SMILES string of the molecule is Cc1ccc(C2=Nc3c(C(C)(C)C)n[nH]c3C(=O)N(C(C)C)C2)cc1. The summed E-state index contributed by atoms with van der Waals surface area (Å²) in [6, 6.07) is 8.37. The van der Waals surface area contributed by atoms with Crippen LogP contribution in [0.3, 0.4) is 0 Å². The van der Waals surface area contributed by atoms with Gasteiger partial charge in [0, 0.05) is 11.5 Å². The standard InChI is InChI=1S/C20H26N4O/c1-12(2)24-11-15(14-9-7-13(3)8-10-14)21-16-17(19(24)25)22-23-18(16)20(4,5)6/h7-10,12H,11H2,1-6H3,(H,22,23). The Balaban J connectivity index is 2.20. The van der Waals surface area contributed by atoms with E-state index in [1.54, 1.807) is 0 Å². The van der Waals surface area contributed by atoms with Gasteiger partial charge in [-0.1, -0.05) is 50.6 Å². The molecule has 1 amide bonds. The average Bonchev–Trinajstić information content (AvgIpc) is 2.89. The van der Waals surface area contributed by atoms with E-state index >= 15 is 0 Å². The first-order chi connectivity index (χ1) is 11.7. The van der Waals surface area contributed by atoms with E-state index in [4.69, 9.17) is 4.99 Å². The smallest absolute Gasteiger partial charge is 0.274 e. The Hall–Kier alpha value is -2.43. The number of benzene rings is 1. The van der Waals surface area contributed by atoms with Crippen LogP contribution in [0.5, 0.6) is 0 Å². The summed E-state index contributed by atoms with van der Waals surface area (Å²) < 4.78 is 0. The van der Waals surface area contributed by atoms with Crippen LogP contribution in [0.4, 0.5) is 5.69 Å². The lowest BCUT2D eigenvalue weighted by molar-refractivity contribution is 0.0733. The molecule has 0 saturated heterocycles. The van der Waals surface area contributed by atoms with E-state index in [2.05, 4.69) is 62.2 Å². The van der Waals surface area contributed by atoms with Crippen molar-refractivity contribution in [2.75, 3.05) is 6.54 Å². The van der Waals surface area contributed by atoms with Crippen molar-refractivity contribution < 1.29 is 4.79 Å². The van der Waals surface area contributed by atoms with E-state index in [1.165, 1.54) is 5.56 Å². The molecule has 0 radical (unpaired) electrons. The Morgan fingerprint density at radius 2 is 1.80 bits per heavy atom. The Morgan fingerprint density at radius 1 is 1.16 bits per heavy atom. The summed E-state index contributed by atoms with van der Waals surface area (Å²) >= 11 is 0. The van der Waals surface area contributed by atoms with Crippen LogP contribution in [-0.4, -0.2) is 39.3 Å². The molecular weight excluding hydrogens is 312 g/mol. The summed E-state index contributed by atoms with van der Waals surface area (Å²) in [5.41, 5.74) is 4.93. The first-order valence-corrected chi connectivity index (χ1v) is 8.73. The van der Waals surface area contributed by atoms with E-state index < -0.39 is 0 Å². The molecule has 0 saturated carbocycles. The molecule has 0 unspecified atom stereocenters. The molecule has 5 heteroatoms. The van der Waals surface area contributed by atoms with Crippen molar-refractivity contribution >= 4 is 17.3 Å². The number of aryl methyl sites for hydroxylation is 1. The molecular formula is C20H26N4O. The van der Waals surface area contributed by atoms with Crippen LogP contribution in [0.1, 0.15) is 61.9 Å². The summed E-state index contributed by atoms with van der Waals surface area (Å²) in [6.07, 6.45) is 0. The average molecular weight is 338 g/mol. The van der Waals surface area contributed by atoms with E-state index in [-0.39, 0.29) is 17.4 Å². The predicted molar refractivity (Wildman–Crippen MR) is 101 cm³/mol. The van der Waals surface area contributed by atoms with Gasteiger partial charge in [-0.2, -0.15) is 5.10 Å². The number of aromatic nitrogens is 2. The van der Waals surface area contributed by atoms with Crippen LogP contribution in [0, 0.1) is 6.92 Å². The summed E-state index contributed by atoms with van der Waals surface area (Å²) in [4.78, 5) is 19.8. The quantitative estimate of drug-likeness (QED) is 0.899. The van der Waals surface area contributed by atoms with Gasteiger partial charge in [0.2, 0.25) is 0 Å². The Kier molecular flexibility index (Phi) is 4.27. The van der Waals surface area contributed by atoms with Crippen LogP contribution in [-0.2, 0) is 5.41 Å². The van der Waals surface area contributed by atoms with Crippen LogP contribution >= 0.6 is 0 Å². The molecule has 3 rings (SSSR count). The second-order valence-corrected chi connectivity index (χ2v) is 8.00. The topological polar surface area (TPSA) is 61.4 Å². The summed E-state index contributed by atoms with van der Waals surface area (Å²) in [5, 5.41) is 7.36. The highest BCUT2D eigenvalue weighted by Crippen LogP contribution is 2.35. The fourth-order valence-corrected chi connectivity index (χ4v) is 2.98. The molecule has 0 spiro atoms. The minimum absolute atomic E-state index is 0.0427. The third-order valence-electron chi connectivity index (χ3n) is 4.50. The maximum Gasteiger partial charge on any atom is 0.274 e. The largest absolute Gasteiger partial charge is 0.329 e. The molecule has 1 aliphatic rings. The lowest BCUT2D eigenvalue weighted by atomic mass is 9.91. The van der Waals surface area contributed by atoms with Crippen molar-refractivity contribution in [3.05, 3.63) is 46.8 Å². The van der Waals surface area contributed by atoms with Crippen molar-refractivity contribution in [2.24, 2.45) is 4.99 Å². The highest BCUT2D eigenvalue weighted by Gasteiger charge is 2.33. The number of nitrogens with zero attached hydrogens (tertiary/aromatic N) is 3. The lowest BCUT2D eigenvalue weighted by Crippen LogP contribution is -2.40. The second kappa shape index (κ2) is 6.14. The van der Waals surface area contributed by atoms with Crippen LogP contribution < -0.4 is 0 Å². The molecule has 2 heterocycles. The van der Waals surface area contributed by atoms with Crippen LogP contribution in [0.25, 0.3) is 0 Å². The number of aliphatic imine (C=N–C) groups is 1. The zero-order chi connectivity index (χ0) is 18.4. The van der Waals surface area contributed by atoms with Crippen LogP contribution in [0.2, 0.25) is 0 Å². The zero-order valence-corrected chi connectivity index (χ0v) is 15.8. The molecule has 1 aromatic carbocycles. The lowest BCUT2D eigenvalue weighted by Gasteiger charge is -2.25. The first-order valence-electron chi connectivity index (χ1n) is 8.73. The van der Waals surface area contributed by atoms with E-state index in [9.17, 15) is 4.79 Å². The second-order valence-electron chi connectivity index (χ2n) is 8.00. The molecule has 1 N–H and O–H groups in total. The predicted octanol–water partition coefficient (Wildman–Crippen LogP) is 4.00. The van der Waals surface area contributed by atoms with E-state index in [1.807, 2.05) is 18.7 Å². The first kappa shape index (κ1) is 17.4. The monoisotopic (exact) mass is 338 g/mol. The van der Waals surface area contributed by atoms with Gasteiger partial charge in [0.05, 0.1) is 18.0 Å². The van der Waals surface area contributed by atoms with Gasteiger partial charge in [0.15, 0.2) is 0 Å². The zero-order valence-electron chi connectivity index (χ0n) is 15.8. The number of carbonyl (C=O) groups is 1. The number of rotatable bonds is 2. The molecule has 0 fully saturated rings. The maximum atomic E-state index is 13.0. The van der Waals surface area contributed by atoms with E-state index in [0.717, 1.165) is 17.0 Å². The Labute approximate surface area is 149 Å². The summed E-state index contributed by atoms with van der Waals surface area (Å²) in [5.74, 6) is -0.0427. The highest BCUT2D eigenvalue weighted by molar-refractivity contribution is 6.10. The number of aromatic amines is 1. The molecule has 1 aromatic heterocycles. The number of H-pyrrole nitrogens is 1. The van der Waals surface area contributed by atoms with Gasteiger partial charge < -0.3 is 4.90 Å². The van der Waals surface area contributed by atoms with Gasteiger partial charge in [-0.3, -0.25) is 9.89 Å².